The quantitative estimate of drug-likeness (QED) is 0.373. The van der Waals surface area contributed by atoms with Crippen LogP contribution in [-0.2, 0) is 28.8 Å². The normalized spacial score (nSPS) is 17.9. The minimum absolute atomic E-state index is 0.0382. The highest BCUT2D eigenvalue weighted by atomic mass is 19.4. The van der Waals surface area contributed by atoms with E-state index in [0.717, 1.165) is 27.3 Å². The summed E-state index contributed by atoms with van der Waals surface area (Å²) >= 11 is 0. The number of carbonyl (C=O) groups excluding carboxylic acids is 1. The second kappa shape index (κ2) is 10.2. The number of halogens is 4. The van der Waals surface area contributed by atoms with Gasteiger partial charge in [0.15, 0.2) is 0 Å². The predicted octanol–water partition coefficient (Wildman–Crippen LogP) is 4.22. The van der Waals surface area contributed by atoms with Crippen molar-refractivity contribution in [2.24, 2.45) is 11.8 Å². The van der Waals surface area contributed by atoms with Gasteiger partial charge in [-0.3, -0.25) is 18.7 Å². The Morgan fingerprint density at radius 3 is 2.38 bits per heavy atom. The number of hydrogen-bond donors (Lipinski definition) is 0. The van der Waals surface area contributed by atoms with Crippen LogP contribution in [-0.4, -0.2) is 22.2 Å². The number of esters is 1. The first-order valence-corrected chi connectivity index (χ1v) is 11.7. The van der Waals surface area contributed by atoms with Gasteiger partial charge in [0.05, 0.1) is 41.6 Å². The van der Waals surface area contributed by atoms with Gasteiger partial charge in [-0.1, -0.05) is 18.2 Å². The molecule has 1 aliphatic carbocycles. The molecule has 4 rings (SSSR count). The van der Waals surface area contributed by atoms with Gasteiger partial charge in [0, 0.05) is 6.54 Å². The van der Waals surface area contributed by atoms with Crippen LogP contribution in [0.4, 0.5) is 17.6 Å². The zero-order valence-electron chi connectivity index (χ0n) is 19.8. The van der Waals surface area contributed by atoms with E-state index in [2.05, 4.69) is 0 Å². The van der Waals surface area contributed by atoms with Gasteiger partial charge in [-0.15, -0.1) is 0 Å². The Morgan fingerprint density at radius 1 is 1.08 bits per heavy atom. The number of carbonyl (C=O) groups is 1. The van der Waals surface area contributed by atoms with Crippen LogP contribution in [0.25, 0.3) is 10.9 Å². The van der Waals surface area contributed by atoms with Crippen molar-refractivity contribution < 1.29 is 27.1 Å². The zero-order chi connectivity index (χ0) is 26.9. The van der Waals surface area contributed by atoms with Gasteiger partial charge in [-0.05, 0) is 55.4 Å². The molecule has 0 N–H and O–H groups in total. The standard InChI is InChI=1S/C26H23F4N3O4/c1-37-24(35)16-10-8-15(9-11-16)13-33-23(34)22-20(27)6-3-7-21(22)32(25(33)36)14-17-4-2-5-19(18(17)12-31)26(28,29)30/h2-7,15-16H,8-11,13-14H2,1H3/t15-,16-. The summed E-state index contributed by atoms with van der Waals surface area (Å²) in [4.78, 5) is 38.5. The number of aromatic nitrogens is 2. The maximum Gasteiger partial charge on any atom is 0.417 e. The first-order chi connectivity index (χ1) is 17.6. The molecule has 0 spiro atoms. The molecule has 2 aromatic carbocycles. The fraction of sp³-hybridized carbons (Fsp3) is 0.385. The lowest BCUT2D eigenvalue weighted by Gasteiger charge is -2.27. The third-order valence-electron chi connectivity index (χ3n) is 6.92. The fourth-order valence-corrected chi connectivity index (χ4v) is 5.01. The van der Waals surface area contributed by atoms with Crippen LogP contribution < -0.4 is 11.2 Å². The number of rotatable bonds is 5. The summed E-state index contributed by atoms with van der Waals surface area (Å²) in [5.74, 6) is -1.61. The SMILES string of the molecule is COC(=O)[C@H]1CC[C@H](Cn2c(=O)c3c(F)cccc3n(Cc3cccc(C(F)(F)F)c3C#N)c2=O)CC1. The molecule has 37 heavy (non-hydrogen) atoms. The molecule has 7 nitrogen and oxygen atoms in total. The highest BCUT2D eigenvalue weighted by molar-refractivity contribution is 5.78. The molecule has 11 heteroatoms. The van der Waals surface area contributed by atoms with Crippen LogP contribution >= 0.6 is 0 Å². The first kappa shape index (κ1) is 26.1. The average Bonchev–Trinajstić information content (AvgIpc) is 2.88. The van der Waals surface area contributed by atoms with Crippen LogP contribution in [0.2, 0.25) is 0 Å². The van der Waals surface area contributed by atoms with E-state index < -0.39 is 40.9 Å². The Kier molecular flexibility index (Phi) is 7.21. The van der Waals surface area contributed by atoms with Gasteiger partial charge < -0.3 is 4.74 Å². The molecule has 1 aromatic heterocycles. The minimum Gasteiger partial charge on any atom is -0.469 e. The lowest BCUT2D eigenvalue weighted by Crippen LogP contribution is -2.42. The summed E-state index contributed by atoms with van der Waals surface area (Å²) in [6.07, 6.45) is -2.70. The number of methoxy groups -OCH3 is 1. The summed E-state index contributed by atoms with van der Waals surface area (Å²) < 4.78 is 61.9. The number of hydrogen-bond acceptors (Lipinski definition) is 5. The minimum atomic E-state index is -4.79. The van der Waals surface area contributed by atoms with Crippen molar-refractivity contribution in [1.82, 2.24) is 9.13 Å². The second-order valence-corrected chi connectivity index (χ2v) is 9.11. The number of nitrogens with zero attached hydrogens (tertiary/aromatic N) is 3. The topological polar surface area (TPSA) is 94.1 Å². The van der Waals surface area contributed by atoms with E-state index >= 15 is 0 Å². The highest BCUT2D eigenvalue weighted by Gasteiger charge is 2.34. The number of nitriles is 1. The summed E-state index contributed by atoms with van der Waals surface area (Å²) in [6.45, 7) is -0.509. The molecule has 194 valence electrons. The van der Waals surface area contributed by atoms with E-state index in [9.17, 15) is 37.2 Å². The van der Waals surface area contributed by atoms with Crippen molar-refractivity contribution in [2.75, 3.05) is 7.11 Å². The Hall–Kier alpha value is -3.94. The largest absolute Gasteiger partial charge is 0.469 e. The van der Waals surface area contributed by atoms with Crippen molar-refractivity contribution in [3.05, 3.63) is 79.7 Å². The van der Waals surface area contributed by atoms with Gasteiger partial charge in [0.1, 0.15) is 11.9 Å². The molecule has 0 aliphatic heterocycles. The van der Waals surface area contributed by atoms with E-state index in [4.69, 9.17) is 4.74 Å². The zero-order valence-corrected chi connectivity index (χ0v) is 19.8. The van der Waals surface area contributed by atoms with Crippen molar-refractivity contribution in [1.29, 1.82) is 5.26 Å². The van der Waals surface area contributed by atoms with Crippen LogP contribution in [0.3, 0.4) is 0 Å². The fourth-order valence-electron chi connectivity index (χ4n) is 5.01. The van der Waals surface area contributed by atoms with Gasteiger partial charge in [-0.25, -0.2) is 9.18 Å². The molecule has 1 heterocycles. The van der Waals surface area contributed by atoms with Crippen molar-refractivity contribution >= 4 is 16.9 Å². The molecular formula is C26H23F4N3O4. The number of benzene rings is 2. The highest BCUT2D eigenvalue weighted by Crippen LogP contribution is 2.33. The van der Waals surface area contributed by atoms with E-state index in [-0.39, 0.29) is 40.8 Å². The monoisotopic (exact) mass is 517 g/mol. The van der Waals surface area contributed by atoms with Crippen molar-refractivity contribution in [3.8, 4) is 6.07 Å². The first-order valence-electron chi connectivity index (χ1n) is 11.7. The molecule has 1 aliphatic rings. The van der Waals surface area contributed by atoms with E-state index in [0.29, 0.717) is 25.7 Å². The Bertz CT molecular complexity index is 1510. The summed E-state index contributed by atoms with van der Waals surface area (Å²) in [5.41, 5.74) is -3.62. The van der Waals surface area contributed by atoms with Crippen LogP contribution in [0, 0.1) is 29.0 Å². The molecule has 1 fully saturated rings. The Morgan fingerprint density at radius 2 is 1.76 bits per heavy atom. The average molecular weight is 517 g/mol. The van der Waals surface area contributed by atoms with E-state index in [1.807, 2.05) is 0 Å². The Balaban J connectivity index is 1.80. The predicted molar refractivity (Wildman–Crippen MR) is 125 cm³/mol. The molecule has 1 saturated carbocycles. The molecule has 3 aromatic rings. The number of fused-ring (bicyclic) bond motifs is 1. The van der Waals surface area contributed by atoms with Gasteiger partial charge in [0.2, 0.25) is 0 Å². The third-order valence-corrected chi connectivity index (χ3v) is 6.92. The lowest BCUT2D eigenvalue weighted by molar-refractivity contribution is -0.146. The summed E-state index contributed by atoms with van der Waals surface area (Å²) in [6, 6.07) is 8.45. The second-order valence-electron chi connectivity index (χ2n) is 9.11. The van der Waals surface area contributed by atoms with Crippen LogP contribution in [0.5, 0.6) is 0 Å². The van der Waals surface area contributed by atoms with Gasteiger partial charge in [0.25, 0.3) is 5.56 Å². The summed E-state index contributed by atoms with van der Waals surface area (Å²) in [5, 5.41) is 9.11. The van der Waals surface area contributed by atoms with Crippen molar-refractivity contribution in [2.45, 2.75) is 44.9 Å². The molecule has 0 saturated heterocycles. The molecule has 0 unspecified atom stereocenters. The van der Waals surface area contributed by atoms with Gasteiger partial charge >= 0.3 is 17.8 Å². The molecular weight excluding hydrogens is 494 g/mol. The molecule has 0 bridgehead atoms. The Labute approximate surface area is 208 Å². The maximum atomic E-state index is 14.8. The molecule has 0 amide bonds. The van der Waals surface area contributed by atoms with Gasteiger partial charge in [-0.2, -0.15) is 18.4 Å². The van der Waals surface area contributed by atoms with E-state index in [1.54, 1.807) is 6.07 Å². The maximum absolute atomic E-state index is 14.8. The van der Waals surface area contributed by atoms with Crippen molar-refractivity contribution in [3.63, 3.8) is 0 Å². The number of alkyl halides is 3. The molecule has 0 atom stereocenters. The van der Waals surface area contributed by atoms with Crippen LogP contribution in [0.1, 0.15) is 42.4 Å². The summed E-state index contributed by atoms with van der Waals surface area (Å²) in [7, 11) is 1.31. The smallest absolute Gasteiger partial charge is 0.417 e. The van der Waals surface area contributed by atoms with Crippen LogP contribution in [0.15, 0.2) is 46.0 Å². The third kappa shape index (κ3) is 5.01. The van der Waals surface area contributed by atoms with E-state index in [1.165, 1.54) is 25.3 Å². The number of ether oxygens (including phenoxy) is 1. The molecule has 0 radical (unpaired) electrons. The lowest BCUT2D eigenvalue weighted by atomic mass is 9.82.